The quantitative estimate of drug-likeness (QED) is 0.674. The van der Waals surface area contributed by atoms with Crippen molar-refractivity contribution in [3.63, 3.8) is 0 Å². The van der Waals surface area contributed by atoms with Gasteiger partial charge in [-0.1, -0.05) is 31.5 Å². The molecule has 0 radical (unpaired) electrons. The highest BCUT2D eigenvalue weighted by Gasteiger charge is 2.08. The molecular weight excluding hydrogens is 238 g/mol. The Hall–Kier alpha value is -1.35. The summed E-state index contributed by atoms with van der Waals surface area (Å²) in [4.78, 5) is 14.2. The van der Waals surface area contributed by atoms with Crippen LogP contribution < -0.4 is 0 Å². The van der Waals surface area contributed by atoms with Gasteiger partial charge in [-0.3, -0.25) is 4.90 Å². The molecule has 3 heteroatoms. The summed E-state index contributed by atoms with van der Waals surface area (Å²) >= 11 is 0. The van der Waals surface area contributed by atoms with E-state index in [-0.39, 0.29) is 5.97 Å². The van der Waals surface area contributed by atoms with E-state index in [1.807, 2.05) is 25.1 Å². The van der Waals surface area contributed by atoms with Crippen molar-refractivity contribution in [3.8, 4) is 0 Å². The molecule has 0 heterocycles. The van der Waals surface area contributed by atoms with Crippen molar-refractivity contribution in [2.75, 3.05) is 26.2 Å². The summed E-state index contributed by atoms with van der Waals surface area (Å²) in [5.41, 5.74) is 1.71. The number of esters is 1. The molecule has 1 aromatic rings. The smallest absolute Gasteiger partial charge is 0.338 e. The third kappa shape index (κ3) is 5.88. The molecule has 0 aliphatic heterocycles. The fourth-order valence-corrected chi connectivity index (χ4v) is 2.09. The molecule has 0 atom stereocenters. The van der Waals surface area contributed by atoms with E-state index in [0.29, 0.717) is 12.2 Å². The van der Waals surface area contributed by atoms with Gasteiger partial charge in [-0.25, -0.2) is 4.79 Å². The number of rotatable bonds is 8. The van der Waals surface area contributed by atoms with Gasteiger partial charge in [0.05, 0.1) is 5.56 Å². The number of ether oxygens (including phenoxy) is 1. The predicted octanol–water partition coefficient (Wildman–Crippen LogP) is 3.27. The van der Waals surface area contributed by atoms with Gasteiger partial charge in [-0.2, -0.15) is 0 Å². The lowest BCUT2D eigenvalue weighted by Crippen LogP contribution is -2.30. The van der Waals surface area contributed by atoms with Crippen LogP contribution in [-0.4, -0.2) is 37.1 Å². The Labute approximate surface area is 116 Å². The van der Waals surface area contributed by atoms with Gasteiger partial charge in [0.2, 0.25) is 0 Å². The zero-order valence-electron chi connectivity index (χ0n) is 12.3. The second-order valence-electron chi connectivity index (χ2n) is 4.85. The summed E-state index contributed by atoms with van der Waals surface area (Å²) in [5.74, 6) is -0.225. The van der Waals surface area contributed by atoms with Gasteiger partial charge in [0, 0.05) is 6.54 Å². The van der Waals surface area contributed by atoms with Crippen LogP contribution in [0.3, 0.4) is 0 Å². The first-order valence-corrected chi connectivity index (χ1v) is 7.13. The number of hydrogen-bond acceptors (Lipinski definition) is 3. The van der Waals surface area contributed by atoms with E-state index in [9.17, 15) is 4.79 Å². The largest absolute Gasteiger partial charge is 0.461 e. The molecule has 1 rings (SSSR count). The van der Waals surface area contributed by atoms with E-state index >= 15 is 0 Å². The van der Waals surface area contributed by atoms with E-state index in [1.54, 1.807) is 6.07 Å². The minimum atomic E-state index is -0.225. The van der Waals surface area contributed by atoms with Crippen molar-refractivity contribution in [3.05, 3.63) is 35.4 Å². The molecule has 0 amide bonds. The second-order valence-corrected chi connectivity index (χ2v) is 4.85. The maximum Gasteiger partial charge on any atom is 0.338 e. The Balaban J connectivity index is 2.37. The molecule has 0 saturated heterocycles. The fraction of sp³-hybridized carbons (Fsp3) is 0.562. The van der Waals surface area contributed by atoms with Crippen LogP contribution in [0.2, 0.25) is 0 Å². The number of hydrogen-bond donors (Lipinski definition) is 0. The first kappa shape index (κ1) is 15.7. The van der Waals surface area contributed by atoms with Gasteiger partial charge in [0.25, 0.3) is 0 Å². The van der Waals surface area contributed by atoms with E-state index in [1.165, 1.54) is 0 Å². The van der Waals surface area contributed by atoms with Crippen molar-refractivity contribution in [1.82, 2.24) is 4.90 Å². The lowest BCUT2D eigenvalue weighted by molar-refractivity contribution is 0.0461. The second kappa shape index (κ2) is 8.70. The first-order valence-electron chi connectivity index (χ1n) is 7.13. The minimum Gasteiger partial charge on any atom is -0.461 e. The first-order chi connectivity index (χ1) is 9.17. The number of carbonyl (C=O) groups excluding carboxylic acids is 1. The average Bonchev–Trinajstić information content (AvgIpc) is 2.39. The normalized spacial score (nSPS) is 10.7. The molecule has 0 aliphatic rings. The van der Waals surface area contributed by atoms with Crippen molar-refractivity contribution in [2.24, 2.45) is 0 Å². The van der Waals surface area contributed by atoms with Crippen LogP contribution in [-0.2, 0) is 4.74 Å². The summed E-state index contributed by atoms with van der Waals surface area (Å²) in [6.45, 7) is 9.72. The minimum absolute atomic E-state index is 0.225. The van der Waals surface area contributed by atoms with Crippen molar-refractivity contribution in [2.45, 2.75) is 33.6 Å². The molecule has 0 N–H and O–H groups in total. The van der Waals surface area contributed by atoms with E-state index in [0.717, 1.165) is 38.0 Å². The summed E-state index contributed by atoms with van der Waals surface area (Å²) in [6, 6.07) is 7.51. The molecule has 0 aliphatic carbocycles. The predicted molar refractivity (Wildman–Crippen MR) is 78.5 cm³/mol. The van der Waals surface area contributed by atoms with E-state index < -0.39 is 0 Å². The lowest BCUT2D eigenvalue weighted by atomic mass is 10.1. The van der Waals surface area contributed by atoms with Gasteiger partial charge >= 0.3 is 5.97 Å². The van der Waals surface area contributed by atoms with Gasteiger partial charge in [0.15, 0.2) is 0 Å². The number of aryl methyl sites for hydroxylation is 1. The van der Waals surface area contributed by atoms with Crippen molar-refractivity contribution < 1.29 is 9.53 Å². The molecule has 0 aromatic heterocycles. The van der Waals surface area contributed by atoms with E-state index in [2.05, 4.69) is 18.7 Å². The molecule has 106 valence electrons. The van der Waals surface area contributed by atoms with Gasteiger partial charge < -0.3 is 4.74 Å². The maximum atomic E-state index is 11.9. The Bertz CT molecular complexity index is 384. The van der Waals surface area contributed by atoms with Crippen LogP contribution in [0.5, 0.6) is 0 Å². The van der Waals surface area contributed by atoms with Crippen LogP contribution in [0.1, 0.15) is 42.6 Å². The molecule has 0 unspecified atom stereocenters. The molecule has 0 saturated carbocycles. The zero-order chi connectivity index (χ0) is 14.1. The highest BCUT2D eigenvalue weighted by atomic mass is 16.5. The number of benzene rings is 1. The Morgan fingerprint density at radius 3 is 2.42 bits per heavy atom. The summed E-state index contributed by atoms with van der Waals surface area (Å²) < 4.78 is 5.33. The molecule has 19 heavy (non-hydrogen) atoms. The Morgan fingerprint density at radius 1 is 1.16 bits per heavy atom. The molecule has 0 spiro atoms. The Morgan fingerprint density at radius 2 is 1.84 bits per heavy atom. The highest BCUT2D eigenvalue weighted by Crippen LogP contribution is 2.05. The molecular formula is C16H25NO2. The third-order valence-electron chi connectivity index (χ3n) is 2.97. The van der Waals surface area contributed by atoms with Gasteiger partial charge in [-0.05, 0) is 45.0 Å². The topological polar surface area (TPSA) is 29.5 Å². The molecule has 3 nitrogen and oxygen atoms in total. The molecule has 0 fully saturated rings. The van der Waals surface area contributed by atoms with Crippen LogP contribution in [0.15, 0.2) is 24.3 Å². The van der Waals surface area contributed by atoms with Gasteiger partial charge in [-0.15, -0.1) is 0 Å². The van der Waals surface area contributed by atoms with Gasteiger partial charge in [0.1, 0.15) is 6.61 Å². The SMILES string of the molecule is CCCN(CCC)CCOC(=O)c1cccc(C)c1. The maximum absolute atomic E-state index is 11.9. The lowest BCUT2D eigenvalue weighted by Gasteiger charge is -2.20. The van der Waals surface area contributed by atoms with Crippen LogP contribution >= 0.6 is 0 Å². The monoisotopic (exact) mass is 263 g/mol. The summed E-state index contributed by atoms with van der Waals surface area (Å²) in [6.07, 6.45) is 2.26. The molecule has 0 bridgehead atoms. The van der Waals surface area contributed by atoms with Crippen LogP contribution in [0.4, 0.5) is 0 Å². The highest BCUT2D eigenvalue weighted by molar-refractivity contribution is 5.89. The van der Waals surface area contributed by atoms with Crippen molar-refractivity contribution in [1.29, 1.82) is 0 Å². The summed E-state index contributed by atoms with van der Waals surface area (Å²) in [5, 5.41) is 0. The standard InChI is InChI=1S/C16H25NO2/c1-4-9-17(10-5-2)11-12-19-16(18)15-8-6-7-14(3)13-15/h6-8,13H,4-5,9-12H2,1-3H3. The van der Waals surface area contributed by atoms with Crippen LogP contribution in [0, 0.1) is 6.92 Å². The average molecular weight is 263 g/mol. The van der Waals surface area contributed by atoms with Crippen LogP contribution in [0.25, 0.3) is 0 Å². The zero-order valence-corrected chi connectivity index (χ0v) is 12.3. The Kier molecular flexibility index (Phi) is 7.19. The number of carbonyl (C=O) groups is 1. The van der Waals surface area contributed by atoms with E-state index in [4.69, 9.17) is 4.74 Å². The number of nitrogens with zero attached hydrogens (tertiary/aromatic N) is 1. The fourth-order valence-electron chi connectivity index (χ4n) is 2.09. The summed E-state index contributed by atoms with van der Waals surface area (Å²) in [7, 11) is 0. The molecule has 1 aromatic carbocycles. The third-order valence-corrected chi connectivity index (χ3v) is 2.97. The van der Waals surface area contributed by atoms with Crippen molar-refractivity contribution >= 4 is 5.97 Å².